The third-order valence-corrected chi connectivity index (χ3v) is 4.86. The Hall–Kier alpha value is -1.32. The van der Waals surface area contributed by atoms with E-state index in [0.29, 0.717) is 0 Å². The van der Waals surface area contributed by atoms with E-state index in [0.717, 1.165) is 11.1 Å². The molecule has 0 fully saturated rings. The lowest BCUT2D eigenvalue weighted by molar-refractivity contribution is 0.597. The highest BCUT2D eigenvalue weighted by atomic mass is 35.5. The Bertz CT molecular complexity index is 649. The molecule has 0 saturated heterocycles. The second-order valence-corrected chi connectivity index (χ2v) is 6.48. The van der Waals surface area contributed by atoms with Crippen molar-refractivity contribution < 1.29 is 8.42 Å². The molecular formula is C14H12ClO2S. The lowest BCUT2D eigenvalue weighted by atomic mass is 10.1. The lowest BCUT2D eigenvalue weighted by Crippen LogP contribution is -2.04. The van der Waals surface area contributed by atoms with Gasteiger partial charge in [-0.1, -0.05) is 48.9 Å². The molecule has 18 heavy (non-hydrogen) atoms. The van der Waals surface area contributed by atoms with Gasteiger partial charge in [0.05, 0.1) is 15.7 Å². The Balaban J connectivity index is 2.50. The minimum Gasteiger partial charge on any atom is -0.224 e. The van der Waals surface area contributed by atoms with Gasteiger partial charge in [-0.25, -0.2) is 8.42 Å². The van der Waals surface area contributed by atoms with Crippen molar-refractivity contribution in [3.8, 4) is 11.1 Å². The van der Waals surface area contributed by atoms with Gasteiger partial charge in [-0.05, 0) is 29.3 Å². The number of sulfone groups is 1. The molecule has 2 aromatic carbocycles. The number of halogens is 1. The fraction of sp³-hybridized carbons (Fsp3) is 0.143. The first kappa shape index (κ1) is 13.1. The molecule has 0 aromatic heterocycles. The molecule has 0 N–H and O–H groups in total. The van der Waals surface area contributed by atoms with Gasteiger partial charge >= 0.3 is 0 Å². The van der Waals surface area contributed by atoms with Gasteiger partial charge < -0.3 is 0 Å². The maximum Gasteiger partial charge on any atom is 0.179 e. The molecule has 0 saturated carbocycles. The highest BCUT2D eigenvalue weighted by molar-refractivity contribution is 7.91. The summed E-state index contributed by atoms with van der Waals surface area (Å²) in [4.78, 5) is 0.145. The van der Waals surface area contributed by atoms with Crippen LogP contribution < -0.4 is 0 Å². The third-order valence-electron chi connectivity index (χ3n) is 2.67. The molecule has 4 heteroatoms. The SMILES string of the molecule is CCS(=O)(=O)c1c[c]c(-c2ccccc2)cc1Cl. The van der Waals surface area contributed by atoms with Gasteiger partial charge in [0.2, 0.25) is 0 Å². The molecule has 0 aliphatic heterocycles. The van der Waals surface area contributed by atoms with Crippen molar-refractivity contribution in [2.75, 3.05) is 5.75 Å². The Kier molecular flexibility index (Phi) is 3.73. The summed E-state index contributed by atoms with van der Waals surface area (Å²) in [6.07, 6.45) is 0. The van der Waals surface area contributed by atoms with Crippen LogP contribution in [0.2, 0.25) is 5.02 Å². The molecule has 0 unspecified atom stereocenters. The molecule has 2 nitrogen and oxygen atoms in total. The van der Waals surface area contributed by atoms with E-state index in [-0.39, 0.29) is 15.7 Å². The zero-order valence-electron chi connectivity index (χ0n) is 9.85. The molecule has 0 aliphatic carbocycles. The van der Waals surface area contributed by atoms with E-state index in [4.69, 9.17) is 11.6 Å². The minimum absolute atomic E-state index is 0.0330. The number of benzene rings is 2. The molecular weight excluding hydrogens is 268 g/mol. The topological polar surface area (TPSA) is 34.1 Å². The summed E-state index contributed by atoms with van der Waals surface area (Å²) in [5.41, 5.74) is 1.75. The van der Waals surface area contributed by atoms with E-state index < -0.39 is 9.84 Å². The highest BCUT2D eigenvalue weighted by Crippen LogP contribution is 2.28. The van der Waals surface area contributed by atoms with Crippen LogP contribution in [0.1, 0.15) is 6.92 Å². The van der Waals surface area contributed by atoms with E-state index in [9.17, 15) is 8.42 Å². The first-order valence-electron chi connectivity index (χ1n) is 5.54. The molecule has 0 bridgehead atoms. The van der Waals surface area contributed by atoms with Gasteiger partial charge in [-0.15, -0.1) is 0 Å². The first-order valence-corrected chi connectivity index (χ1v) is 7.57. The van der Waals surface area contributed by atoms with E-state index >= 15 is 0 Å². The molecule has 0 aliphatic rings. The molecule has 2 aromatic rings. The van der Waals surface area contributed by atoms with E-state index in [2.05, 4.69) is 6.07 Å². The largest absolute Gasteiger partial charge is 0.224 e. The standard InChI is InChI=1S/C14H12ClO2S/c1-2-18(16,17)14-9-8-12(10-13(14)15)11-6-4-3-5-7-11/h3-7,9-10H,2H2,1H3. The molecule has 0 amide bonds. The van der Waals surface area contributed by atoms with Crippen molar-refractivity contribution in [1.29, 1.82) is 0 Å². The van der Waals surface area contributed by atoms with Crippen molar-refractivity contribution in [2.45, 2.75) is 11.8 Å². The molecule has 2 rings (SSSR count). The molecule has 0 atom stereocenters. The van der Waals surface area contributed by atoms with Gasteiger partial charge in [0.1, 0.15) is 0 Å². The van der Waals surface area contributed by atoms with Crippen molar-refractivity contribution in [2.24, 2.45) is 0 Å². The average molecular weight is 280 g/mol. The van der Waals surface area contributed by atoms with Gasteiger partial charge in [-0.3, -0.25) is 0 Å². The molecule has 1 radical (unpaired) electrons. The maximum absolute atomic E-state index is 11.8. The van der Waals surface area contributed by atoms with Crippen LogP contribution >= 0.6 is 11.6 Å². The summed E-state index contributed by atoms with van der Waals surface area (Å²) < 4.78 is 23.5. The van der Waals surface area contributed by atoms with Crippen LogP contribution in [0.25, 0.3) is 11.1 Å². The summed E-state index contributed by atoms with van der Waals surface area (Å²) >= 11 is 6.04. The number of hydrogen-bond donors (Lipinski definition) is 0. The second-order valence-electron chi connectivity index (χ2n) is 3.83. The van der Waals surface area contributed by atoms with Gasteiger partial charge in [-0.2, -0.15) is 0 Å². The van der Waals surface area contributed by atoms with Crippen LogP contribution in [0.5, 0.6) is 0 Å². The van der Waals surface area contributed by atoms with Crippen molar-refractivity contribution in [3.05, 3.63) is 53.6 Å². The quantitative estimate of drug-likeness (QED) is 0.860. The lowest BCUT2D eigenvalue weighted by Gasteiger charge is -2.06. The zero-order chi connectivity index (χ0) is 13.2. The Morgan fingerprint density at radius 1 is 1.22 bits per heavy atom. The van der Waals surface area contributed by atoms with Gasteiger partial charge in [0.25, 0.3) is 0 Å². The zero-order valence-corrected chi connectivity index (χ0v) is 11.4. The van der Waals surface area contributed by atoms with Gasteiger partial charge in [0.15, 0.2) is 9.84 Å². The maximum atomic E-state index is 11.8. The molecule has 93 valence electrons. The van der Waals surface area contributed by atoms with Crippen LogP contribution in [-0.2, 0) is 9.84 Å². The summed E-state index contributed by atoms with van der Waals surface area (Å²) in [7, 11) is -3.29. The number of rotatable bonds is 3. The van der Waals surface area contributed by atoms with Crippen LogP contribution in [0.4, 0.5) is 0 Å². The van der Waals surface area contributed by atoms with Crippen LogP contribution in [0, 0.1) is 6.07 Å². The Morgan fingerprint density at radius 3 is 2.44 bits per heavy atom. The second kappa shape index (κ2) is 5.12. The minimum atomic E-state index is -3.29. The van der Waals surface area contributed by atoms with E-state index in [1.165, 1.54) is 6.07 Å². The van der Waals surface area contributed by atoms with Crippen molar-refractivity contribution in [3.63, 3.8) is 0 Å². The monoisotopic (exact) mass is 279 g/mol. The fourth-order valence-corrected chi connectivity index (χ4v) is 3.05. The predicted octanol–water partition coefficient (Wildman–Crippen LogP) is 3.60. The Morgan fingerprint density at radius 2 is 1.89 bits per heavy atom. The van der Waals surface area contributed by atoms with Crippen LogP contribution in [-0.4, -0.2) is 14.2 Å². The Labute approximate surface area is 112 Å². The molecule has 0 heterocycles. The highest BCUT2D eigenvalue weighted by Gasteiger charge is 2.16. The number of hydrogen-bond acceptors (Lipinski definition) is 2. The van der Waals surface area contributed by atoms with Crippen molar-refractivity contribution in [1.82, 2.24) is 0 Å². The summed E-state index contributed by atoms with van der Waals surface area (Å²) in [6.45, 7) is 1.59. The van der Waals surface area contributed by atoms with Crippen molar-refractivity contribution >= 4 is 21.4 Å². The van der Waals surface area contributed by atoms with E-state index in [1.54, 1.807) is 13.0 Å². The van der Waals surface area contributed by atoms with Crippen LogP contribution in [0.15, 0.2) is 47.4 Å². The van der Waals surface area contributed by atoms with E-state index in [1.807, 2.05) is 30.3 Å². The predicted molar refractivity (Wildman–Crippen MR) is 73.5 cm³/mol. The first-order chi connectivity index (χ1) is 8.54. The molecule has 0 spiro atoms. The van der Waals surface area contributed by atoms with Crippen LogP contribution in [0.3, 0.4) is 0 Å². The smallest absolute Gasteiger partial charge is 0.179 e. The summed E-state index contributed by atoms with van der Waals surface area (Å²) in [6, 6.07) is 15.6. The summed E-state index contributed by atoms with van der Waals surface area (Å²) in [5, 5.41) is 0.245. The average Bonchev–Trinajstić information content (AvgIpc) is 2.39. The third kappa shape index (κ3) is 2.57. The van der Waals surface area contributed by atoms with Gasteiger partial charge in [0, 0.05) is 0 Å². The fourth-order valence-electron chi connectivity index (χ4n) is 1.63. The summed E-state index contributed by atoms with van der Waals surface area (Å²) in [5.74, 6) is 0.0330. The normalized spacial score (nSPS) is 11.4.